The SMILES string of the molecule is N#Cc1ccc(S(=O)(=O)NCC2CCC2)cc1. The Kier molecular flexibility index (Phi) is 3.46. The zero-order valence-electron chi connectivity index (χ0n) is 9.39. The summed E-state index contributed by atoms with van der Waals surface area (Å²) in [7, 11) is -3.42. The van der Waals surface area contributed by atoms with Gasteiger partial charge in [-0.15, -0.1) is 0 Å². The summed E-state index contributed by atoms with van der Waals surface area (Å²) >= 11 is 0. The molecule has 17 heavy (non-hydrogen) atoms. The van der Waals surface area contributed by atoms with E-state index in [0.717, 1.165) is 12.8 Å². The molecule has 90 valence electrons. The van der Waals surface area contributed by atoms with Crippen molar-refractivity contribution in [2.45, 2.75) is 24.2 Å². The molecule has 0 unspecified atom stereocenters. The molecule has 5 heteroatoms. The molecule has 0 aromatic heterocycles. The second-order valence-electron chi connectivity index (χ2n) is 4.29. The van der Waals surface area contributed by atoms with Crippen LogP contribution in [-0.4, -0.2) is 15.0 Å². The first-order valence-corrected chi connectivity index (χ1v) is 7.10. The quantitative estimate of drug-likeness (QED) is 0.883. The van der Waals surface area contributed by atoms with Gasteiger partial charge in [-0.25, -0.2) is 13.1 Å². The zero-order chi connectivity index (χ0) is 12.3. The molecule has 0 amide bonds. The summed E-state index contributed by atoms with van der Waals surface area (Å²) in [6.07, 6.45) is 3.41. The van der Waals surface area contributed by atoms with E-state index in [-0.39, 0.29) is 4.90 Å². The third-order valence-electron chi connectivity index (χ3n) is 3.08. The van der Waals surface area contributed by atoms with Crippen molar-refractivity contribution in [3.63, 3.8) is 0 Å². The molecule has 0 spiro atoms. The summed E-state index contributed by atoms with van der Waals surface area (Å²) in [6.45, 7) is 0.516. The van der Waals surface area contributed by atoms with Gasteiger partial charge in [0, 0.05) is 6.54 Å². The number of rotatable bonds is 4. The van der Waals surface area contributed by atoms with Crippen molar-refractivity contribution >= 4 is 10.0 Å². The van der Waals surface area contributed by atoms with Crippen molar-refractivity contribution in [1.29, 1.82) is 5.26 Å². The van der Waals surface area contributed by atoms with E-state index in [0.29, 0.717) is 18.0 Å². The Bertz CT molecular complexity index is 525. The van der Waals surface area contributed by atoms with Crippen LogP contribution in [0.1, 0.15) is 24.8 Å². The Hall–Kier alpha value is -1.38. The van der Waals surface area contributed by atoms with Gasteiger partial charge in [-0.1, -0.05) is 6.42 Å². The molecule has 1 N–H and O–H groups in total. The second kappa shape index (κ2) is 4.86. The van der Waals surface area contributed by atoms with Gasteiger partial charge in [0.15, 0.2) is 0 Å². The molecule has 1 aliphatic rings. The fraction of sp³-hybridized carbons (Fsp3) is 0.417. The number of nitriles is 1. The third-order valence-corrected chi connectivity index (χ3v) is 4.52. The highest BCUT2D eigenvalue weighted by atomic mass is 32.2. The number of nitrogens with zero attached hydrogens (tertiary/aromatic N) is 1. The highest BCUT2D eigenvalue weighted by Gasteiger charge is 2.21. The largest absolute Gasteiger partial charge is 0.240 e. The van der Waals surface area contributed by atoms with Crippen molar-refractivity contribution in [1.82, 2.24) is 4.72 Å². The lowest BCUT2D eigenvalue weighted by Crippen LogP contribution is -2.32. The molecule has 1 fully saturated rings. The summed E-state index contributed by atoms with van der Waals surface area (Å²) in [6, 6.07) is 7.90. The lowest BCUT2D eigenvalue weighted by Gasteiger charge is -2.25. The molecule has 0 radical (unpaired) electrons. The number of nitrogens with one attached hydrogen (secondary N) is 1. The van der Waals surface area contributed by atoms with Crippen LogP contribution < -0.4 is 4.72 Å². The second-order valence-corrected chi connectivity index (χ2v) is 6.05. The van der Waals surface area contributed by atoms with Gasteiger partial charge in [-0.3, -0.25) is 0 Å². The summed E-state index contributed by atoms with van der Waals surface area (Å²) in [5.74, 6) is 0.489. The van der Waals surface area contributed by atoms with E-state index >= 15 is 0 Å². The maximum Gasteiger partial charge on any atom is 0.240 e. The molecule has 0 saturated heterocycles. The van der Waals surface area contributed by atoms with Crippen LogP contribution >= 0.6 is 0 Å². The molecule has 2 rings (SSSR count). The summed E-state index contributed by atoms with van der Waals surface area (Å²) in [5.41, 5.74) is 0.461. The summed E-state index contributed by atoms with van der Waals surface area (Å²) in [4.78, 5) is 0.218. The minimum Gasteiger partial charge on any atom is -0.211 e. The van der Waals surface area contributed by atoms with E-state index in [1.54, 1.807) is 0 Å². The van der Waals surface area contributed by atoms with Gasteiger partial charge in [0.2, 0.25) is 10.0 Å². The molecule has 0 atom stereocenters. The topological polar surface area (TPSA) is 70.0 Å². The Morgan fingerprint density at radius 2 is 1.94 bits per heavy atom. The van der Waals surface area contributed by atoms with Crippen LogP contribution in [0, 0.1) is 17.2 Å². The molecule has 1 aromatic carbocycles. The number of benzene rings is 1. The van der Waals surface area contributed by atoms with Crippen LogP contribution in [0.5, 0.6) is 0 Å². The van der Waals surface area contributed by atoms with E-state index < -0.39 is 10.0 Å². The van der Waals surface area contributed by atoms with Gasteiger partial charge >= 0.3 is 0 Å². The van der Waals surface area contributed by atoms with Crippen LogP contribution in [0.2, 0.25) is 0 Å². The van der Waals surface area contributed by atoms with E-state index in [4.69, 9.17) is 5.26 Å². The third kappa shape index (κ3) is 2.84. The standard InChI is InChI=1S/C12H14N2O2S/c13-8-10-4-6-12(7-5-10)17(15,16)14-9-11-2-1-3-11/h4-7,11,14H,1-3,9H2. The van der Waals surface area contributed by atoms with Crippen molar-refractivity contribution in [3.05, 3.63) is 29.8 Å². The Balaban J connectivity index is 2.05. The predicted octanol–water partition coefficient (Wildman–Crippen LogP) is 1.64. The molecular formula is C12H14N2O2S. The monoisotopic (exact) mass is 250 g/mol. The van der Waals surface area contributed by atoms with Crippen LogP contribution in [0.15, 0.2) is 29.2 Å². The Morgan fingerprint density at radius 3 is 2.41 bits per heavy atom. The Morgan fingerprint density at radius 1 is 1.29 bits per heavy atom. The van der Waals surface area contributed by atoms with E-state index in [1.807, 2.05) is 6.07 Å². The lowest BCUT2D eigenvalue weighted by atomic mass is 9.86. The van der Waals surface area contributed by atoms with E-state index in [9.17, 15) is 8.42 Å². The molecular weight excluding hydrogens is 236 g/mol. The maximum atomic E-state index is 11.9. The van der Waals surface area contributed by atoms with E-state index in [2.05, 4.69) is 4.72 Å². The maximum absolute atomic E-state index is 11.9. The normalized spacial score (nSPS) is 16.2. The first kappa shape index (κ1) is 12.1. The number of hydrogen-bond acceptors (Lipinski definition) is 3. The first-order chi connectivity index (χ1) is 8.12. The van der Waals surface area contributed by atoms with Crippen LogP contribution in [0.3, 0.4) is 0 Å². The molecule has 1 aromatic rings. The van der Waals surface area contributed by atoms with Crippen LogP contribution in [0.25, 0.3) is 0 Å². The van der Waals surface area contributed by atoms with Gasteiger partial charge in [0.05, 0.1) is 16.5 Å². The molecule has 0 heterocycles. The van der Waals surface area contributed by atoms with Crippen molar-refractivity contribution < 1.29 is 8.42 Å². The van der Waals surface area contributed by atoms with Gasteiger partial charge in [0.1, 0.15) is 0 Å². The van der Waals surface area contributed by atoms with Gasteiger partial charge < -0.3 is 0 Å². The first-order valence-electron chi connectivity index (χ1n) is 5.61. The fourth-order valence-electron chi connectivity index (χ4n) is 1.72. The highest BCUT2D eigenvalue weighted by Crippen LogP contribution is 2.25. The van der Waals surface area contributed by atoms with Crippen LogP contribution in [-0.2, 0) is 10.0 Å². The fourth-order valence-corrected chi connectivity index (χ4v) is 2.83. The summed E-state index contributed by atoms with van der Waals surface area (Å²) in [5, 5.41) is 8.63. The highest BCUT2D eigenvalue weighted by molar-refractivity contribution is 7.89. The Labute approximate surface area is 101 Å². The minimum atomic E-state index is -3.42. The molecule has 1 aliphatic carbocycles. The van der Waals surface area contributed by atoms with Gasteiger partial charge in [0.25, 0.3) is 0 Å². The van der Waals surface area contributed by atoms with Crippen molar-refractivity contribution in [2.75, 3.05) is 6.54 Å². The number of hydrogen-bond donors (Lipinski definition) is 1. The molecule has 0 bridgehead atoms. The van der Waals surface area contributed by atoms with Gasteiger partial charge in [-0.05, 0) is 43.0 Å². The average Bonchev–Trinajstić information content (AvgIpc) is 2.27. The van der Waals surface area contributed by atoms with E-state index in [1.165, 1.54) is 30.7 Å². The van der Waals surface area contributed by atoms with Crippen LogP contribution in [0.4, 0.5) is 0 Å². The average molecular weight is 250 g/mol. The predicted molar refractivity (Wildman–Crippen MR) is 63.7 cm³/mol. The zero-order valence-corrected chi connectivity index (χ0v) is 10.2. The lowest BCUT2D eigenvalue weighted by molar-refractivity contribution is 0.316. The molecule has 0 aliphatic heterocycles. The van der Waals surface area contributed by atoms with Crippen molar-refractivity contribution in [2.24, 2.45) is 5.92 Å². The molecule has 1 saturated carbocycles. The van der Waals surface area contributed by atoms with Gasteiger partial charge in [-0.2, -0.15) is 5.26 Å². The molecule has 4 nitrogen and oxygen atoms in total. The minimum absolute atomic E-state index is 0.218. The van der Waals surface area contributed by atoms with Crippen molar-refractivity contribution in [3.8, 4) is 6.07 Å². The number of sulfonamides is 1. The smallest absolute Gasteiger partial charge is 0.211 e. The summed E-state index contributed by atoms with van der Waals surface area (Å²) < 4.78 is 26.4.